The van der Waals surface area contributed by atoms with Gasteiger partial charge in [-0.15, -0.1) is 23.4 Å². The van der Waals surface area contributed by atoms with Crippen LogP contribution in [0.2, 0.25) is 0 Å². The van der Waals surface area contributed by atoms with Gasteiger partial charge in [-0.05, 0) is 25.3 Å². The van der Waals surface area contributed by atoms with E-state index in [1.165, 1.54) is 0 Å². The van der Waals surface area contributed by atoms with Gasteiger partial charge in [0.25, 0.3) is 0 Å². The molecule has 0 aliphatic heterocycles. The number of hydrogen-bond acceptors (Lipinski definition) is 2. The predicted octanol–water partition coefficient (Wildman–Crippen LogP) is 3.22. The quantitative estimate of drug-likeness (QED) is 0.437. The van der Waals surface area contributed by atoms with Gasteiger partial charge in [-0.2, -0.15) is 0 Å². The topological polar surface area (TPSA) is 17.1 Å². The zero-order valence-electron chi connectivity index (χ0n) is 7.58. The summed E-state index contributed by atoms with van der Waals surface area (Å²) in [5.41, 5.74) is 0.689. The van der Waals surface area contributed by atoms with E-state index in [1.54, 1.807) is 24.8 Å². The third kappa shape index (κ3) is 2.75. The van der Waals surface area contributed by atoms with Crippen molar-refractivity contribution < 1.29 is 4.79 Å². The van der Waals surface area contributed by atoms with Gasteiger partial charge in [-0.3, -0.25) is 4.79 Å². The van der Waals surface area contributed by atoms with E-state index in [2.05, 4.69) is 0 Å². The number of hydrogen-bond donors (Lipinski definition) is 0. The van der Waals surface area contributed by atoms with Crippen LogP contribution in [0.25, 0.3) is 0 Å². The molecule has 0 aliphatic rings. The van der Waals surface area contributed by atoms with E-state index >= 15 is 0 Å². The molecule has 1 aromatic rings. The van der Waals surface area contributed by atoms with Crippen LogP contribution in [0.1, 0.15) is 17.3 Å². The van der Waals surface area contributed by atoms with Crippen LogP contribution in [0.4, 0.5) is 0 Å². The molecule has 1 rings (SSSR count). The first-order chi connectivity index (χ1) is 6.15. The number of benzene rings is 1. The van der Waals surface area contributed by atoms with E-state index in [0.29, 0.717) is 5.56 Å². The van der Waals surface area contributed by atoms with Gasteiger partial charge in [-0.1, -0.05) is 12.1 Å². The van der Waals surface area contributed by atoms with Crippen molar-refractivity contribution in [1.82, 2.24) is 0 Å². The summed E-state index contributed by atoms with van der Waals surface area (Å²) in [6.07, 6.45) is 1.98. The van der Waals surface area contributed by atoms with E-state index in [9.17, 15) is 4.79 Å². The average Bonchev–Trinajstić information content (AvgIpc) is 2.16. The summed E-state index contributed by atoms with van der Waals surface area (Å²) in [5.74, 6) is -0.0161. The van der Waals surface area contributed by atoms with Gasteiger partial charge < -0.3 is 0 Å². The second kappa shape index (κ2) is 4.68. The van der Waals surface area contributed by atoms with Crippen molar-refractivity contribution >= 4 is 29.1 Å². The number of ketones is 1. The molecule has 13 heavy (non-hydrogen) atoms. The van der Waals surface area contributed by atoms with Gasteiger partial charge in [0, 0.05) is 10.5 Å². The molecule has 0 aromatic heterocycles. The smallest absolute Gasteiger partial charge is 0.180 e. The number of carbonyl (C=O) groups excluding carboxylic acids is 1. The molecule has 0 spiro atoms. The van der Waals surface area contributed by atoms with Crippen LogP contribution in [-0.4, -0.2) is 17.4 Å². The predicted molar refractivity (Wildman–Crippen MR) is 57.9 cm³/mol. The highest BCUT2D eigenvalue weighted by Gasteiger charge is 2.11. The molecule has 0 radical (unpaired) electrons. The van der Waals surface area contributed by atoms with E-state index < -0.39 is 5.38 Å². The first-order valence-electron chi connectivity index (χ1n) is 3.97. The van der Waals surface area contributed by atoms with Crippen molar-refractivity contribution in [1.29, 1.82) is 0 Å². The number of alkyl halides is 1. The Bertz CT molecular complexity index is 310. The Kier molecular flexibility index (Phi) is 3.82. The van der Waals surface area contributed by atoms with Gasteiger partial charge in [-0.25, -0.2) is 0 Å². The van der Waals surface area contributed by atoms with E-state index in [0.717, 1.165) is 4.90 Å². The van der Waals surface area contributed by atoms with Gasteiger partial charge in [0.05, 0.1) is 5.38 Å². The van der Waals surface area contributed by atoms with Crippen molar-refractivity contribution in [2.24, 2.45) is 0 Å². The summed E-state index contributed by atoms with van der Waals surface area (Å²) in [6, 6.07) is 7.51. The fourth-order valence-corrected chi connectivity index (χ4v) is 1.59. The number of halogens is 1. The molecule has 0 bridgehead atoms. The maximum Gasteiger partial charge on any atom is 0.180 e. The third-order valence-electron chi connectivity index (χ3n) is 1.72. The first-order valence-corrected chi connectivity index (χ1v) is 5.63. The molecular formula is C10H11ClOS. The number of thioether (sulfide) groups is 1. The number of carbonyl (C=O) groups is 1. The van der Waals surface area contributed by atoms with Crippen molar-refractivity contribution in [3.63, 3.8) is 0 Å². The third-order valence-corrected chi connectivity index (χ3v) is 2.64. The van der Waals surface area contributed by atoms with Crippen LogP contribution in [0.15, 0.2) is 29.2 Å². The van der Waals surface area contributed by atoms with E-state index in [4.69, 9.17) is 11.6 Å². The summed E-state index contributed by atoms with van der Waals surface area (Å²) in [6.45, 7) is 1.69. The van der Waals surface area contributed by atoms with Crippen LogP contribution in [0.3, 0.4) is 0 Å². The molecule has 1 aromatic carbocycles. The zero-order valence-corrected chi connectivity index (χ0v) is 9.15. The molecule has 1 unspecified atom stereocenters. The Balaban J connectivity index is 2.95. The lowest BCUT2D eigenvalue weighted by Gasteiger charge is -2.03. The van der Waals surface area contributed by atoms with Gasteiger partial charge in [0.2, 0.25) is 0 Å². The maximum absolute atomic E-state index is 11.5. The average molecular weight is 215 g/mol. The molecule has 0 aliphatic carbocycles. The normalized spacial score (nSPS) is 12.5. The molecule has 1 atom stereocenters. The van der Waals surface area contributed by atoms with Crippen LogP contribution in [0, 0.1) is 0 Å². The summed E-state index contributed by atoms with van der Waals surface area (Å²) < 4.78 is 0. The van der Waals surface area contributed by atoms with Crippen molar-refractivity contribution in [2.45, 2.75) is 17.2 Å². The molecule has 0 fully saturated rings. The second-order valence-electron chi connectivity index (χ2n) is 2.71. The Labute approximate surface area is 87.5 Å². The highest BCUT2D eigenvalue weighted by molar-refractivity contribution is 7.98. The van der Waals surface area contributed by atoms with Crippen molar-refractivity contribution in [3.05, 3.63) is 29.8 Å². The van der Waals surface area contributed by atoms with Crippen molar-refractivity contribution in [2.75, 3.05) is 6.26 Å². The molecule has 1 nitrogen and oxygen atoms in total. The van der Waals surface area contributed by atoms with E-state index in [-0.39, 0.29) is 5.78 Å². The minimum absolute atomic E-state index is 0.0161. The number of Topliss-reactive ketones (excluding diaryl/α,β-unsaturated/α-hetero) is 1. The Morgan fingerprint density at radius 2 is 2.23 bits per heavy atom. The molecule has 0 heterocycles. The van der Waals surface area contributed by atoms with Crippen LogP contribution < -0.4 is 0 Å². The largest absolute Gasteiger partial charge is 0.293 e. The monoisotopic (exact) mass is 214 g/mol. The number of rotatable bonds is 3. The Morgan fingerprint density at radius 3 is 2.77 bits per heavy atom. The molecule has 0 saturated heterocycles. The summed E-state index contributed by atoms with van der Waals surface area (Å²) >= 11 is 7.32. The Morgan fingerprint density at radius 1 is 1.54 bits per heavy atom. The maximum atomic E-state index is 11.5. The van der Waals surface area contributed by atoms with Gasteiger partial charge >= 0.3 is 0 Å². The summed E-state index contributed by atoms with van der Waals surface area (Å²) in [7, 11) is 0. The molecule has 3 heteroatoms. The summed E-state index contributed by atoms with van der Waals surface area (Å²) in [5, 5.41) is -0.447. The fraction of sp³-hybridized carbons (Fsp3) is 0.300. The first kappa shape index (κ1) is 10.6. The lowest BCUT2D eigenvalue weighted by atomic mass is 10.1. The van der Waals surface area contributed by atoms with Gasteiger partial charge in [0.1, 0.15) is 0 Å². The Hall–Kier alpha value is -0.470. The standard InChI is InChI=1S/C10H11ClOS/c1-7(11)10(12)8-4-3-5-9(6-8)13-2/h3-7H,1-2H3. The SMILES string of the molecule is CSc1cccc(C(=O)C(C)Cl)c1. The lowest BCUT2D eigenvalue weighted by molar-refractivity contribution is 0.0991. The van der Waals surface area contributed by atoms with Crippen LogP contribution in [-0.2, 0) is 0 Å². The van der Waals surface area contributed by atoms with Crippen molar-refractivity contribution in [3.8, 4) is 0 Å². The van der Waals surface area contributed by atoms with Crippen LogP contribution >= 0.6 is 23.4 Å². The molecule has 0 amide bonds. The fourth-order valence-electron chi connectivity index (χ4n) is 1.01. The van der Waals surface area contributed by atoms with E-state index in [1.807, 2.05) is 24.5 Å². The molecule has 0 saturated carbocycles. The minimum Gasteiger partial charge on any atom is -0.293 e. The van der Waals surface area contributed by atoms with Gasteiger partial charge in [0.15, 0.2) is 5.78 Å². The highest BCUT2D eigenvalue weighted by Crippen LogP contribution is 2.17. The highest BCUT2D eigenvalue weighted by atomic mass is 35.5. The molecule has 70 valence electrons. The van der Waals surface area contributed by atoms with Crippen LogP contribution in [0.5, 0.6) is 0 Å². The summed E-state index contributed by atoms with van der Waals surface area (Å²) in [4.78, 5) is 12.6. The lowest BCUT2D eigenvalue weighted by Crippen LogP contribution is -2.10. The molecular weight excluding hydrogens is 204 g/mol. The minimum atomic E-state index is -0.447. The molecule has 0 N–H and O–H groups in total. The second-order valence-corrected chi connectivity index (χ2v) is 4.25. The zero-order chi connectivity index (χ0) is 9.84.